The van der Waals surface area contributed by atoms with Gasteiger partial charge in [0.05, 0.1) is 12.1 Å². The Labute approximate surface area is 140 Å². The topological polar surface area (TPSA) is 47.6 Å². The van der Waals surface area contributed by atoms with Crippen molar-refractivity contribution in [3.05, 3.63) is 53.6 Å². The molecule has 0 spiro atoms. The molecule has 1 fully saturated rings. The van der Waals surface area contributed by atoms with Crippen LogP contribution in [0.2, 0.25) is 5.02 Å². The molecule has 2 aromatic carbocycles. The Morgan fingerprint density at radius 1 is 1.17 bits per heavy atom. The summed E-state index contributed by atoms with van der Waals surface area (Å²) < 4.78 is 10.7. The predicted molar refractivity (Wildman–Crippen MR) is 89.7 cm³/mol. The molecule has 1 aliphatic rings. The molecule has 0 bridgehead atoms. The minimum Gasteiger partial charge on any atom is -0.487 e. The fraction of sp³-hybridized carbons (Fsp3) is 0.278. The summed E-state index contributed by atoms with van der Waals surface area (Å²) in [4.78, 5) is 11.5. The van der Waals surface area contributed by atoms with Gasteiger partial charge in [-0.25, -0.2) is 0 Å². The predicted octanol–water partition coefficient (Wildman–Crippen LogP) is 3.29. The van der Waals surface area contributed by atoms with Gasteiger partial charge in [0.1, 0.15) is 17.9 Å². The molecule has 0 radical (unpaired) electrons. The van der Waals surface area contributed by atoms with Crippen LogP contribution in [0.4, 0.5) is 0 Å². The third-order valence-corrected chi connectivity index (χ3v) is 4.20. The molecule has 0 aromatic heterocycles. The molecule has 0 aliphatic carbocycles. The smallest absolute Gasteiger partial charge is 0.323 e. The number of halogens is 1. The minimum absolute atomic E-state index is 0.0980. The lowest BCUT2D eigenvalue weighted by atomic mass is 10.1. The first-order valence-corrected chi connectivity index (χ1v) is 7.88. The van der Waals surface area contributed by atoms with Crippen molar-refractivity contribution in [2.75, 3.05) is 13.7 Å². The molecular formula is C18H18ClNO3. The van der Waals surface area contributed by atoms with Gasteiger partial charge in [-0.2, -0.15) is 0 Å². The molecular weight excluding hydrogens is 314 g/mol. The van der Waals surface area contributed by atoms with E-state index in [0.717, 1.165) is 11.1 Å². The van der Waals surface area contributed by atoms with Crippen LogP contribution < -0.4 is 10.1 Å². The summed E-state index contributed by atoms with van der Waals surface area (Å²) in [5.74, 6) is 0.366. The van der Waals surface area contributed by atoms with E-state index in [9.17, 15) is 4.79 Å². The zero-order chi connectivity index (χ0) is 16.2. The summed E-state index contributed by atoms with van der Waals surface area (Å²) in [7, 11) is 1.39. The second-order valence-corrected chi connectivity index (χ2v) is 5.88. The summed E-state index contributed by atoms with van der Waals surface area (Å²) in [5.41, 5.74) is 2.15. The second kappa shape index (κ2) is 7.02. The van der Waals surface area contributed by atoms with E-state index in [-0.39, 0.29) is 18.1 Å². The first kappa shape index (κ1) is 15.8. The van der Waals surface area contributed by atoms with Crippen molar-refractivity contribution in [3.8, 4) is 16.9 Å². The van der Waals surface area contributed by atoms with Crippen LogP contribution in [0.25, 0.3) is 11.1 Å². The van der Waals surface area contributed by atoms with Crippen LogP contribution in [0, 0.1) is 0 Å². The molecule has 1 aliphatic heterocycles. The first-order chi connectivity index (χ1) is 11.2. The average molecular weight is 332 g/mol. The van der Waals surface area contributed by atoms with Crippen LogP contribution >= 0.6 is 11.6 Å². The van der Waals surface area contributed by atoms with E-state index in [4.69, 9.17) is 21.1 Å². The van der Waals surface area contributed by atoms with Crippen molar-refractivity contribution >= 4 is 17.6 Å². The van der Waals surface area contributed by atoms with Crippen molar-refractivity contribution in [1.29, 1.82) is 0 Å². The molecule has 1 N–H and O–H groups in total. The summed E-state index contributed by atoms with van der Waals surface area (Å²) in [6.07, 6.45) is 0.475. The third kappa shape index (κ3) is 3.66. The number of carbonyl (C=O) groups excluding carboxylic acids is 1. The van der Waals surface area contributed by atoms with Crippen LogP contribution in [0.5, 0.6) is 5.75 Å². The lowest BCUT2D eigenvalue weighted by Gasteiger charge is -2.15. The lowest BCUT2D eigenvalue weighted by Crippen LogP contribution is -2.31. The van der Waals surface area contributed by atoms with Crippen molar-refractivity contribution < 1.29 is 14.3 Å². The highest BCUT2D eigenvalue weighted by atomic mass is 35.5. The van der Waals surface area contributed by atoms with Crippen LogP contribution in [0.15, 0.2) is 48.5 Å². The van der Waals surface area contributed by atoms with E-state index < -0.39 is 0 Å². The lowest BCUT2D eigenvalue weighted by molar-refractivity contribution is -0.142. The Hall–Kier alpha value is -2.04. The second-order valence-electron chi connectivity index (χ2n) is 5.47. The monoisotopic (exact) mass is 331 g/mol. The molecule has 4 nitrogen and oxygen atoms in total. The van der Waals surface area contributed by atoms with Crippen molar-refractivity contribution in [3.63, 3.8) is 0 Å². The Morgan fingerprint density at radius 3 is 2.65 bits per heavy atom. The number of benzene rings is 2. The molecule has 0 saturated carbocycles. The fourth-order valence-electron chi connectivity index (χ4n) is 2.70. The highest BCUT2D eigenvalue weighted by Crippen LogP contribution is 2.31. The van der Waals surface area contributed by atoms with E-state index in [1.54, 1.807) is 0 Å². The fourth-order valence-corrected chi connectivity index (χ4v) is 2.93. The van der Waals surface area contributed by atoms with Gasteiger partial charge in [-0.15, -0.1) is 0 Å². The van der Waals surface area contributed by atoms with Gasteiger partial charge in [0.25, 0.3) is 0 Å². The van der Waals surface area contributed by atoms with Gasteiger partial charge in [0.2, 0.25) is 0 Å². The number of ether oxygens (including phenoxy) is 2. The standard InChI is InChI=1S/C18H18ClNO3/c1-22-18(21)16-10-14(11-20-16)23-17-8-7-13(9-15(17)19)12-5-3-2-4-6-12/h2-9,14,16,20H,10-11H2,1H3/t14-,16-/m0/s1. The Kier molecular flexibility index (Phi) is 4.84. The van der Waals surface area contributed by atoms with Gasteiger partial charge < -0.3 is 14.8 Å². The maximum atomic E-state index is 11.5. The number of methoxy groups -OCH3 is 1. The summed E-state index contributed by atoms with van der Waals surface area (Å²) in [6, 6.07) is 15.5. The van der Waals surface area contributed by atoms with E-state index in [1.165, 1.54) is 7.11 Å². The largest absolute Gasteiger partial charge is 0.487 e. The number of hydrogen-bond acceptors (Lipinski definition) is 4. The van der Waals surface area contributed by atoms with Crippen molar-refractivity contribution in [1.82, 2.24) is 5.32 Å². The van der Waals surface area contributed by atoms with Gasteiger partial charge in [0.15, 0.2) is 0 Å². The molecule has 23 heavy (non-hydrogen) atoms. The molecule has 0 unspecified atom stereocenters. The van der Waals surface area contributed by atoms with E-state index in [2.05, 4.69) is 5.32 Å². The van der Waals surface area contributed by atoms with Crippen molar-refractivity contribution in [2.24, 2.45) is 0 Å². The molecule has 2 aromatic rings. The Balaban J connectivity index is 1.69. The first-order valence-electron chi connectivity index (χ1n) is 7.50. The van der Waals surface area contributed by atoms with E-state index in [1.807, 2.05) is 48.5 Å². The van der Waals surface area contributed by atoms with Gasteiger partial charge in [-0.05, 0) is 23.3 Å². The highest BCUT2D eigenvalue weighted by Gasteiger charge is 2.31. The number of hydrogen-bond donors (Lipinski definition) is 1. The third-order valence-electron chi connectivity index (χ3n) is 3.91. The van der Waals surface area contributed by atoms with Crippen LogP contribution in [-0.4, -0.2) is 31.8 Å². The molecule has 1 saturated heterocycles. The molecule has 0 amide bonds. The van der Waals surface area contributed by atoms with Crippen LogP contribution in [0.1, 0.15) is 6.42 Å². The summed E-state index contributed by atoms with van der Waals surface area (Å²) in [6.45, 7) is 0.594. The number of esters is 1. The molecule has 2 atom stereocenters. The van der Waals surface area contributed by atoms with Gasteiger partial charge >= 0.3 is 5.97 Å². The van der Waals surface area contributed by atoms with E-state index in [0.29, 0.717) is 23.7 Å². The van der Waals surface area contributed by atoms with Crippen LogP contribution in [-0.2, 0) is 9.53 Å². The molecule has 5 heteroatoms. The van der Waals surface area contributed by atoms with Gasteiger partial charge in [0, 0.05) is 13.0 Å². The SMILES string of the molecule is COC(=O)[C@@H]1C[C@H](Oc2ccc(-c3ccccc3)cc2Cl)CN1. The highest BCUT2D eigenvalue weighted by molar-refractivity contribution is 6.32. The Bertz CT molecular complexity index is 690. The van der Waals surface area contributed by atoms with E-state index >= 15 is 0 Å². The minimum atomic E-state index is -0.313. The Morgan fingerprint density at radius 2 is 1.96 bits per heavy atom. The zero-order valence-electron chi connectivity index (χ0n) is 12.8. The average Bonchev–Trinajstić information content (AvgIpc) is 3.05. The molecule has 120 valence electrons. The van der Waals surface area contributed by atoms with Crippen molar-refractivity contribution in [2.45, 2.75) is 18.6 Å². The quantitative estimate of drug-likeness (QED) is 0.873. The molecule has 1 heterocycles. The van der Waals surface area contributed by atoms with Gasteiger partial charge in [-0.1, -0.05) is 48.0 Å². The normalized spacial score (nSPS) is 20.3. The van der Waals surface area contributed by atoms with Gasteiger partial charge in [-0.3, -0.25) is 4.79 Å². The summed E-state index contributed by atoms with van der Waals surface area (Å²) >= 11 is 6.35. The maximum absolute atomic E-state index is 11.5. The maximum Gasteiger partial charge on any atom is 0.323 e. The summed E-state index contributed by atoms with van der Waals surface area (Å²) in [5, 5.41) is 3.65. The number of nitrogens with one attached hydrogen (secondary N) is 1. The van der Waals surface area contributed by atoms with Crippen LogP contribution in [0.3, 0.4) is 0 Å². The zero-order valence-corrected chi connectivity index (χ0v) is 13.5. The number of rotatable bonds is 4. The number of carbonyl (C=O) groups is 1. The molecule has 3 rings (SSSR count).